The lowest BCUT2D eigenvalue weighted by Crippen LogP contribution is -2.48. The van der Waals surface area contributed by atoms with Crippen molar-refractivity contribution < 1.29 is 9.53 Å². The summed E-state index contributed by atoms with van der Waals surface area (Å²) in [4.78, 5) is 17.9. The van der Waals surface area contributed by atoms with Crippen LogP contribution in [0.3, 0.4) is 0 Å². The molecule has 3 rings (SSSR count). The zero-order valence-corrected chi connectivity index (χ0v) is 15.6. The summed E-state index contributed by atoms with van der Waals surface area (Å²) in [5.41, 5.74) is 1.21. The predicted molar refractivity (Wildman–Crippen MR) is 101 cm³/mol. The van der Waals surface area contributed by atoms with Crippen LogP contribution in [0, 0.1) is 0 Å². The molecule has 0 saturated carbocycles. The van der Waals surface area contributed by atoms with Gasteiger partial charge in [-0.25, -0.2) is 0 Å². The predicted octanol–water partition coefficient (Wildman–Crippen LogP) is 2.48. The fraction of sp³-hybridized carbons (Fsp3) is 0.421. The monoisotopic (exact) mass is 359 g/mol. The van der Waals surface area contributed by atoms with Gasteiger partial charge in [-0.05, 0) is 36.2 Å². The standard InChI is InChI=1S/C19H25N3O2S/c1-21-9-11-22(12-10-21)17(15-5-7-16(24-2)8-6-15)14-20-19(23)18-4-3-13-25-18/h3-8,13,17H,9-12,14H2,1-2H3,(H,20,23)/t17-/m1/s1. The molecule has 1 saturated heterocycles. The first-order chi connectivity index (χ1) is 12.2. The summed E-state index contributed by atoms with van der Waals surface area (Å²) in [5.74, 6) is 0.853. The maximum absolute atomic E-state index is 12.3. The first-order valence-electron chi connectivity index (χ1n) is 8.55. The highest BCUT2D eigenvalue weighted by Crippen LogP contribution is 2.24. The van der Waals surface area contributed by atoms with Crippen molar-refractivity contribution in [2.24, 2.45) is 0 Å². The van der Waals surface area contributed by atoms with Crippen molar-refractivity contribution in [2.75, 3.05) is 46.9 Å². The smallest absolute Gasteiger partial charge is 0.261 e. The van der Waals surface area contributed by atoms with Crippen molar-refractivity contribution in [1.82, 2.24) is 15.1 Å². The van der Waals surface area contributed by atoms with E-state index in [1.807, 2.05) is 29.6 Å². The van der Waals surface area contributed by atoms with Crippen molar-refractivity contribution in [3.05, 3.63) is 52.2 Å². The van der Waals surface area contributed by atoms with E-state index in [0.717, 1.165) is 36.8 Å². The molecule has 2 aromatic rings. The van der Waals surface area contributed by atoms with Crippen molar-refractivity contribution in [1.29, 1.82) is 0 Å². The molecule has 5 nitrogen and oxygen atoms in total. The van der Waals surface area contributed by atoms with Gasteiger partial charge in [-0.1, -0.05) is 18.2 Å². The van der Waals surface area contributed by atoms with E-state index in [1.54, 1.807) is 7.11 Å². The van der Waals surface area contributed by atoms with Gasteiger partial charge in [-0.3, -0.25) is 9.69 Å². The van der Waals surface area contributed by atoms with Gasteiger partial charge in [0.25, 0.3) is 5.91 Å². The molecule has 0 unspecified atom stereocenters. The number of thiophene rings is 1. The van der Waals surface area contributed by atoms with Gasteiger partial charge in [-0.15, -0.1) is 11.3 Å². The van der Waals surface area contributed by atoms with Gasteiger partial charge in [-0.2, -0.15) is 0 Å². The second kappa shape index (κ2) is 8.47. The summed E-state index contributed by atoms with van der Waals surface area (Å²) in [6, 6.07) is 12.1. The van der Waals surface area contributed by atoms with Crippen molar-refractivity contribution in [2.45, 2.75) is 6.04 Å². The third-order valence-electron chi connectivity index (χ3n) is 4.68. The molecule has 1 aliphatic heterocycles. The van der Waals surface area contributed by atoms with Crippen LogP contribution < -0.4 is 10.1 Å². The number of nitrogens with one attached hydrogen (secondary N) is 1. The number of hydrogen-bond donors (Lipinski definition) is 1. The second-order valence-electron chi connectivity index (χ2n) is 6.32. The van der Waals surface area contributed by atoms with Gasteiger partial charge >= 0.3 is 0 Å². The quantitative estimate of drug-likeness (QED) is 0.861. The molecular formula is C19H25N3O2S. The molecule has 1 aromatic carbocycles. The molecule has 0 bridgehead atoms. The number of amides is 1. The molecule has 1 aliphatic rings. The fourth-order valence-electron chi connectivity index (χ4n) is 3.10. The van der Waals surface area contributed by atoms with Crippen molar-refractivity contribution in [3.8, 4) is 5.75 Å². The molecule has 134 valence electrons. The number of piperazine rings is 1. The van der Waals surface area contributed by atoms with E-state index >= 15 is 0 Å². The second-order valence-corrected chi connectivity index (χ2v) is 7.26. The molecule has 1 N–H and O–H groups in total. The minimum atomic E-state index is 0.00244. The average Bonchev–Trinajstić information content (AvgIpc) is 3.18. The Hall–Kier alpha value is -1.89. The number of rotatable bonds is 6. The minimum Gasteiger partial charge on any atom is -0.497 e. The molecule has 1 fully saturated rings. The van der Waals surface area contributed by atoms with Gasteiger partial charge in [0.15, 0.2) is 0 Å². The number of benzene rings is 1. The van der Waals surface area contributed by atoms with Crippen molar-refractivity contribution in [3.63, 3.8) is 0 Å². The number of nitrogens with zero attached hydrogens (tertiary/aromatic N) is 2. The van der Waals surface area contributed by atoms with Crippen LogP contribution in [0.1, 0.15) is 21.3 Å². The van der Waals surface area contributed by atoms with Crippen LogP contribution in [-0.4, -0.2) is 62.6 Å². The Balaban J connectivity index is 1.72. The SMILES string of the molecule is COc1ccc([C@@H](CNC(=O)c2cccs2)N2CCN(C)CC2)cc1. The fourth-order valence-corrected chi connectivity index (χ4v) is 3.74. The maximum Gasteiger partial charge on any atom is 0.261 e. The van der Waals surface area contributed by atoms with Crippen molar-refractivity contribution >= 4 is 17.2 Å². The van der Waals surface area contributed by atoms with Crippen LogP contribution in [0.5, 0.6) is 5.75 Å². The third kappa shape index (κ3) is 4.60. The van der Waals surface area contributed by atoms with Gasteiger partial charge in [0.05, 0.1) is 18.0 Å². The maximum atomic E-state index is 12.3. The van der Waals surface area contributed by atoms with Gasteiger partial charge < -0.3 is 15.0 Å². The number of hydrogen-bond acceptors (Lipinski definition) is 5. The van der Waals surface area contributed by atoms with Gasteiger partial charge in [0.2, 0.25) is 0 Å². The summed E-state index contributed by atoms with van der Waals surface area (Å²) in [6.45, 7) is 4.70. The molecule has 0 radical (unpaired) electrons. The van der Waals surface area contributed by atoms with Crippen LogP contribution in [0.4, 0.5) is 0 Å². The number of carbonyl (C=O) groups is 1. The number of likely N-dealkylation sites (N-methyl/N-ethyl adjacent to an activating group) is 1. The topological polar surface area (TPSA) is 44.8 Å². The molecule has 1 atom stereocenters. The normalized spacial score (nSPS) is 17.2. The van der Waals surface area contributed by atoms with E-state index in [4.69, 9.17) is 4.74 Å². The first-order valence-corrected chi connectivity index (χ1v) is 9.43. The minimum absolute atomic E-state index is 0.00244. The Morgan fingerprint density at radius 1 is 1.20 bits per heavy atom. The first kappa shape index (κ1) is 17.9. The summed E-state index contributed by atoms with van der Waals surface area (Å²) in [6.07, 6.45) is 0. The van der Waals surface area contributed by atoms with Crippen LogP contribution >= 0.6 is 11.3 Å². The lowest BCUT2D eigenvalue weighted by Gasteiger charge is -2.38. The molecule has 1 amide bonds. The Kier molecular flexibility index (Phi) is 6.07. The zero-order chi connectivity index (χ0) is 17.6. The Labute approximate surface area is 153 Å². The number of carbonyl (C=O) groups excluding carboxylic acids is 1. The molecule has 1 aromatic heterocycles. The van der Waals surface area contributed by atoms with Crippen LogP contribution in [0.2, 0.25) is 0 Å². The van der Waals surface area contributed by atoms with E-state index in [-0.39, 0.29) is 11.9 Å². The summed E-state index contributed by atoms with van der Waals surface area (Å²) in [7, 11) is 3.83. The molecule has 0 spiro atoms. The zero-order valence-electron chi connectivity index (χ0n) is 14.8. The van der Waals surface area contributed by atoms with Gasteiger partial charge in [0, 0.05) is 32.7 Å². The molecule has 0 aliphatic carbocycles. The molecule has 6 heteroatoms. The summed E-state index contributed by atoms with van der Waals surface area (Å²) >= 11 is 1.47. The largest absolute Gasteiger partial charge is 0.497 e. The summed E-state index contributed by atoms with van der Waals surface area (Å²) < 4.78 is 5.27. The van der Waals surface area contributed by atoms with E-state index in [1.165, 1.54) is 16.9 Å². The highest BCUT2D eigenvalue weighted by atomic mass is 32.1. The highest BCUT2D eigenvalue weighted by Gasteiger charge is 2.24. The molecule has 25 heavy (non-hydrogen) atoms. The lowest BCUT2D eigenvalue weighted by molar-refractivity contribution is 0.0889. The Bertz CT molecular complexity index is 664. The summed E-state index contributed by atoms with van der Waals surface area (Å²) in [5, 5.41) is 5.03. The third-order valence-corrected chi connectivity index (χ3v) is 5.55. The lowest BCUT2D eigenvalue weighted by atomic mass is 10.0. The van der Waals surface area contributed by atoms with E-state index in [9.17, 15) is 4.79 Å². The average molecular weight is 359 g/mol. The van der Waals surface area contributed by atoms with E-state index in [0.29, 0.717) is 6.54 Å². The van der Waals surface area contributed by atoms with Crippen LogP contribution in [-0.2, 0) is 0 Å². The van der Waals surface area contributed by atoms with Gasteiger partial charge in [0.1, 0.15) is 5.75 Å². The van der Waals surface area contributed by atoms with Crippen LogP contribution in [0.15, 0.2) is 41.8 Å². The molecular weight excluding hydrogens is 334 g/mol. The number of methoxy groups -OCH3 is 1. The van der Waals surface area contributed by atoms with E-state index < -0.39 is 0 Å². The van der Waals surface area contributed by atoms with Crippen LogP contribution in [0.25, 0.3) is 0 Å². The number of ether oxygens (including phenoxy) is 1. The Morgan fingerprint density at radius 3 is 2.52 bits per heavy atom. The van der Waals surface area contributed by atoms with E-state index in [2.05, 4.69) is 34.3 Å². The highest BCUT2D eigenvalue weighted by molar-refractivity contribution is 7.12. The molecule has 2 heterocycles. The Morgan fingerprint density at radius 2 is 1.92 bits per heavy atom.